The van der Waals surface area contributed by atoms with Gasteiger partial charge in [0, 0.05) is 6.54 Å². The van der Waals surface area contributed by atoms with Gasteiger partial charge in [-0.15, -0.1) is 0 Å². The third-order valence-corrected chi connectivity index (χ3v) is 4.35. The highest BCUT2D eigenvalue weighted by atomic mass is 16.4. The van der Waals surface area contributed by atoms with Crippen molar-refractivity contribution >= 4 is 17.0 Å². The Bertz CT molecular complexity index is 672. The summed E-state index contributed by atoms with van der Waals surface area (Å²) in [5.41, 5.74) is 3.19. The minimum Gasteiger partial charge on any atom is -0.481 e. The van der Waals surface area contributed by atoms with Gasteiger partial charge in [-0.2, -0.15) is 0 Å². The Morgan fingerprint density at radius 3 is 2.77 bits per heavy atom. The number of aromatic nitrogens is 2. The van der Waals surface area contributed by atoms with Crippen LogP contribution in [0, 0.1) is 6.92 Å². The zero-order chi connectivity index (χ0) is 15.5. The molecule has 0 amide bonds. The van der Waals surface area contributed by atoms with E-state index >= 15 is 0 Å². The van der Waals surface area contributed by atoms with Crippen LogP contribution in [0.3, 0.4) is 0 Å². The summed E-state index contributed by atoms with van der Waals surface area (Å²) in [6.07, 6.45) is 3.93. The molecule has 3 rings (SSSR count). The Hall–Kier alpha value is -1.88. The van der Waals surface area contributed by atoms with E-state index in [0.29, 0.717) is 6.54 Å². The Kier molecular flexibility index (Phi) is 4.43. The molecule has 0 aliphatic carbocycles. The molecule has 0 bridgehead atoms. The number of carboxylic acid groups (broad SMARTS) is 1. The van der Waals surface area contributed by atoms with Gasteiger partial charge in [-0.3, -0.25) is 9.69 Å². The molecule has 1 aliphatic rings. The van der Waals surface area contributed by atoms with Crippen molar-refractivity contribution in [2.45, 2.75) is 45.7 Å². The molecule has 5 nitrogen and oxygen atoms in total. The van der Waals surface area contributed by atoms with E-state index in [2.05, 4.69) is 34.6 Å². The molecule has 1 aromatic heterocycles. The van der Waals surface area contributed by atoms with E-state index in [9.17, 15) is 4.79 Å². The van der Waals surface area contributed by atoms with Crippen LogP contribution < -0.4 is 0 Å². The van der Waals surface area contributed by atoms with Gasteiger partial charge in [-0.05, 0) is 50.6 Å². The van der Waals surface area contributed by atoms with E-state index in [4.69, 9.17) is 10.1 Å². The molecule has 1 fully saturated rings. The molecular weight excluding hydrogens is 278 g/mol. The van der Waals surface area contributed by atoms with Crippen LogP contribution in [0.4, 0.5) is 0 Å². The molecular formula is C17H23N3O2. The lowest BCUT2D eigenvalue weighted by atomic mass is 10.1. The number of carboxylic acids is 1. The first kappa shape index (κ1) is 15.0. The predicted octanol–water partition coefficient (Wildman–Crippen LogP) is 2.81. The number of carbonyl (C=O) groups is 1. The number of rotatable bonds is 5. The minimum absolute atomic E-state index is 0.131. The number of likely N-dealkylation sites (tertiary alicyclic amines) is 1. The van der Waals surface area contributed by atoms with Crippen LogP contribution in [0.5, 0.6) is 0 Å². The van der Waals surface area contributed by atoms with E-state index in [1.807, 2.05) is 0 Å². The lowest BCUT2D eigenvalue weighted by Crippen LogP contribution is -2.30. The first-order chi connectivity index (χ1) is 10.6. The molecule has 0 radical (unpaired) electrons. The van der Waals surface area contributed by atoms with Gasteiger partial charge in [0.05, 0.1) is 24.0 Å². The SMILES string of the molecule is Cc1ccc2c(c1)nc(CN1CCCCC1)n2CCC(=O)O. The third-order valence-electron chi connectivity index (χ3n) is 4.35. The van der Waals surface area contributed by atoms with Gasteiger partial charge in [0.2, 0.25) is 0 Å². The first-order valence-corrected chi connectivity index (χ1v) is 8.03. The van der Waals surface area contributed by atoms with Crippen LogP contribution in [0.15, 0.2) is 18.2 Å². The second kappa shape index (κ2) is 6.48. The largest absolute Gasteiger partial charge is 0.481 e. The quantitative estimate of drug-likeness (QED) is 0.922. The second-order valence-corrected chi connectivity index (χ2v) is 6.15. The number of piperidine rings is 1. The number of benzene rings is 1. The summed E-state index contributed by atoms with van der Waals surface area (Å²) in [6, 6.07) is 6.19. The third kappa shape index (κ3) is 3.30. The van der Waals surface area contributed by atoms with E-state index in [1.54, 1.807) is 0 Å². The summed E-state index contributed by atoms with van der Waals surface area (Å²) in [6.45, 7) is 5.58. The van der Waals surface area contributed by atoms with E-state index in [-0.39, 0.29) is 6.42 Å². The number of hydrogen-bond donors (Lipinski definition) is 1. The van der Waals surface area contributed by atoms with Gasteiger partial charge >= 0.3 is 5.97 Å². The minimum atomic E-state index is -0.766. The van der Waals surface area contributed by atoms with Crippen molar-refractivity contribution in [3.8, 4) is 0 Å². The number of fused-ring (bicyclic) bond motifs is 1. The second-order valence-electron chi connectivity index (χ2n) is 6.15. The molecule has 1 N–H and O–H groups in total. The van der Waals surface area contributed by atoms with Gasteiger partial charge in [0.25, 0.3) is 0 Å². The standard InChI is InChI=1S/C17H23N3O2/c1-13-5-6-15-14(11-13)18-16(20(15)10-7-17(21)22)12-19-8-3-2-4-9-19/h5-6,11H,2-4,7-10,12H2,1H3,(H,21,22). The highest BCUT2D eigenvalue weighted by Crippen LogP contribution is 2.21. The summed E-state index contributed by atoms with van der Waals surface area (Å²) in [4.78, 5) is 18.1. The lowest BCUT2D eigenvalue weighted by molar-refractivity contribution is -0.137. The predicted molar refractivity (Wildman–Crippen MR) is 85.9 cm³/mol. The maximum Gasteiger partial charge on any atom is 0.305 e. The molecule has 2 heterocycles. The van der Waals surface area contributed by atoms with Crippen LogP contribution in [0.2, 0.25) is 0 Å². The van der Waals surface area contributed by atoms with Crippen LogP contribution in [-0.4, -0.2) is 38.6 Å². The van der Waals surface area contributed by atoms with Crippen molar-refractivity contribution in [3.63, 3.8) is 0 Å². The maximum atomic E-state index is 10.9. The van der Waals surface area contributed by atoms with E-state index in [1.165, 1.54) is 24.8 Å². The van der Waals surface area contributed by atoms with Gasteiger partial charge < -0.3 is 9.67 Å². The average Bonchev–Trinajstić information content (AvgIpc) is 2.82. The number of imidazole rings is 1. The Morgan fingerprint density at radius 2 is 2.05 bits per heavy atom. The zero-order valence-corrected chi connectivity index (χ0v) is 13.1. The summed E-state index contributed by atoms with van der Waals surface area (Å²) < 4.78 is 2.08. The molecule has 118 valence electrons. The van der Waals surface area contributed by atoms with Gasteiger partial charge in [-0.25, -0.2) is 4.98 Å². The van der Waals surface area contributed by atoms with E-state index < -0.39 is 5.97 Å². The van der Waals surface area contributed by atoms with Crippen molar-refractivity contribution in [1.82, 2.24) is 14.5 Å². The van der Waals surface area contributed by atoms with Crippen molar-refractivity contribution in [1.29, 1.82) is 0 Å². The molecule has 0 unspecified atom stereocenters. The monoisotopic (exact) mass is 301 g/mol. The van der Waals surface area contributed by atoms with Gasteiger partial charge in [0.1, 0.15) is 5.82 Å². The molecule has 5 heteroatoms. The molecule has 1 aliphatic heterocycles. The van der Waals surface area contributed by atoms with Crippen LogP contribution in [0.25, 0.3) is 11.0 Å². The molecule has 1 saturated heterocycles. The van der Waals surface area contributed by atoms with Crippen molar-refractivity contribution in [3.05, 3.63) is 29.6 Å². The molecule has 0 spiro atoms. The Morgan fingerprint density at radius 1 is 1.27 bits per heavy atom. The Balaban J connectivity index is 1.91. The number of nitrogens with zero attached hydrogens (tertiary/aromatic N) is 3. The average molecular weight is 301 g/mol. The fourth-order valence-electron chi connectivity index (χ4n) is 3.18. The molecule has 2 aromatic rings. The summed E-state index contributed by atoms with van der Waals surface area (Å²) in [7, 11) is 0. The van der Waals surface area contributed by atoms with Crippen LogP contribution in [-0.2, 0) is 17.9 Å². The lowest BCUT2D eigenvalue weighted by Gasteiger charge is -2.26. The number of aryl methyl sites for hydroxylation is 2. The van der Waals surface area contributed by atoms with Crippen LogP contribution >= 0.6 is 0 Å². The molecule has 0 atom stereocenters. The zero-order valence-electron chi connectivity index (χ0n) is 13.1. The van der Waals surface area contributed by atoms with Gasteiger partial charge in [-0.1, -0.05) is 12.5 Å². The summed E-state index contributed by atoms with van der Waals surface area (Å²) in [5.74, 6) is 0.224. The Labute approximate surface area is 130 Å². The topological polar surface area (TPSA) is 58.4 Å². The van der Waals surface area contributed by atoms with Gasteiger partial charge in [0.15, 0.2) is 0 Å². The number of aliphatic carboxylic acids is 1. The highest BCUT2D eigenvalue weighted by molar-refractivity contribution is 5.77. The fraction of sp³-hybridized carbons (Fsp3) is 0.529. The number of hydrogen-bond acceptors (Lipinski definition) is 3. The highest BCUT2D eigenvalue weighted by Gasteiger charge is 2.17. The van der Waals surface area contributed by atoms with Crippen molar-refractivity contribution in [2.75, 3.05) is 13.1 Å². The molecule has 0 saturated carbocycles. The smallest absolute Gasteiger partial charge is 0.305 e. The summed E-state index contributed by atoms with van der Waals surface area (Å²) in [5, 5.41) is 9.00. The molecule has 22 heavy (non-hydrogen) atoms. The normalized spacial score (nSPS) is 16.2. The summed E-state index contributed by atoms with van der Waals surface area (Å²) >= 11 is 0. The van der Waals surface area contributed by atoms with E-state index in [0.717, 1.165) is 36.5 Å². The van der Waals surface area contributed by atoms with Crippen LogP contribution in [0.1, 0.15) is 37.1 Å². The first-order valence-electron chi connectivity index (χ1n) is 8.03. The fourth-order valence-corrected chi connectivity index (χ4v) is 3.18. The van der Waals surface area contributed by atoms with Crippen molar-refractivity contribution in [2.24, 2.45) is 0 Å². The maximum absolute atomic E-state index is 10.9. The molecule has 1 aromatic carbocycles. The van der Waals surface area contributed by atoms with Crippen molar-refractivity contribution < 1.29 is 9.90 Å².